The molecule has 0 aliphatic carbocycles. The van der Waals surface area contributed by atoms with Crippen LogP contribution < -0.4 is 4.74 Å². The van der Waals surface area contributed by atoms with Gasteiger partial charge in [-0.2, -0.15) is 11.8 Å². The van der Waals surface area contributed by atoms with Crippen LogP contribution in [0.3, 0.4) is 0 Å². The van der Waals surface area contributed by atoms with Gasteiger partial charge in [0.1, 0.15) is 0 Å². The van der Waals surface area contributed by atoms with Crippen molar-refractivity contribution in [3.8, 4) is 5.75 Å². The van der Waals surface area contributed by atoms with Gasteiger partial charge in [-0.3, -0.25) is 0 Å². The zero-order chi connectivity index (χ0) is 11.1. The van der Waals surface area contributed by atoms with E-state index in [1.807, 2.05) is 6.07 Å². The Labute approximate surface area is 99.0 Å². The van der Waals surface area contributed by atoms with Crippen molar-refractivity contribution in [3.63, 3.8) is 0 Å². The van der Waals surface area contributed by atoms with Gasteiger partial charge in [-0.15, -0.1) is 11.6 Å². The van der Waals surface area contributed by atoms with Crippen molar-refractivity contribution >= 4 is 23.4 Å². The van der Waals surface area contributed by atoms with Gasteiger partial charge < -0.3 is 4.74 Å². The van der Waals surface area contributed by atoms with Gasteiger partial charge in [-0.1, -0.05) is 6.07 Å². The molecule has 4 heteroatoms. The first-order valence-electron chi connectivity index (χ1n) is 4.74. The number of rotatable bonds is 6. The number of alkyl halides is 1. The lowest BCUT2D eigenvalue weighted by molar-refractivity contribution is 0.386. The maximum Gasteiger partial charge on any atom is 0.165 e. The third kappa shape index (κ3) is 4.31. The van der Waals surface area contributed by atoms with Crippen molar-refractivity contribution < 1.29 is 9.13 Å². The Kier molecular flexibility index (Phi) is 5.88. The van der Waals surface area contributed by atoms with E-state index in [4.69, 9.17) is 16.3 Å². The van der Waals surface area contributed by atoms with Crippen molar-refractivity contribution in [2.75, 3.05) is 18.7 Å². The summed E-state index contributed by atoms with van der Waals surface area (Å²) in [5, 5.41) is 0. The molecule has 15 heavy (non-hydrogen) atoms. The van der Waals surface area contributed by atoms with Crippen LogP contribution in [0.1, 0.15) is 12.0 Å². The van der Waals surface area contributed by atoms with Gasteiger partial charge in [-0.25, -0.2) is 4.39 Å². The van der Waals surface area contributed by atoms with Crippen LogP contribution >= 0.6 is 23.4 Å². The van der Waals surface area contributed by atoms with Crippen LogP contribution in [0.15, 0.2) is 18.2 Å². The van der Waals surface area contributed by atoms with E-state index in [2.05, 4.69) is 0 Å². The third-order valence-electron chi connectivity index (χ3n) is 1.91. The van der Waals surface area contributed by atoms with E-state index in [0.29, 0.717) is 11.6 Å². The molecule has 0 saturated carbocycles. The summed E-state index contributed by atoms with van der Waals surface area (Å²) in [5.74, 6) is 2.51. The van der Waals surface area contributed by atoms with Gasteiger partial charge in [0.2, 0.25) is 0 Å². The van der Waals surface area contributed by atoms with E-state index in [1.165, 1.54) is 13.2 Å². The summed E-state index contributed by atoms with van der Waals surface area (Å²) >= 11 is 7.32. The largest absolute Gasteiger partial charge is 0.494 e. The first kappa shape index (κ1) is 12.7. The molecule has 0 atom stereocenters. The SMILES string of the molecule is COc1ccc(CSCCCCl)cc1F. The fourth-order valence-corrected chi connectivity index (χ4v) is 2.35. The van der Waals surface area contributed by atoms with Gasteiger partial charge in [0.15, 0.2) is 11.6 Å². The summed E-state index contributed by atoms with van der Waals surface area (Å²) in [6.07, 6.45) is 0.991. The Bertz CT molecular complexity index is 307. The van der Waals surface area contributed by atoms with Crippen LogP contribution in [0.5, 0.6) is 5.75 Å². The minimum atomic E-state index is -0.298. The molecule has 1 aromatic rings. The lowest BCUT2D eigenvalue weighted by atomic mass is 10.2. The Morgan fingerprint density at radius 2 is 2.27 bits per heavy atom. The molecule has 0 fully saturated rings. The summed E-state index contributed by atoms with van der Waals surface area (Å²) in [7, 11) is 1.47. The molecule has 0 aliphatic rings. The fraction of sp³-hybridized carbons (Fsp3) is 0.455. The number of methoxy groups -OCH3 is 1. The zero-order valence-corrected chi connectivity index (χ0v) is 10.2. The van der Waals surface area contributed by atoms with Crippen LogP contribution in [0, 0.1) is 5.82 Å². The van der Waals surface area contributed by atoms with Crippen LogP contribution in [-0.2, 0) is 5.75 Å². The maximum atomic E-state index is 13.3. The first-order chi connectivity index (χ1) is 7.27. The van der Waals surface area contributed by atoms with Crippen molar-refractivity contribution in [3.05, 3.63) is 29.6 Å². The maximum absolute atomic E-state index is 13.3. The molecule has 1 aromatic carbocycles. The van der Waals surface area contributed by atoms with E-state index >= 15 is 0 Å². The molecule has 0 amide bonds. The molecule has 84 valence electrons. The lowest BCUT2D eigenvalue weighted by Crippen LogP contribution is -1.90. The molecule has 0 heterocycles. The predicted octanol–water partition coefficient (Wildman–Crippen LogP) is 3.70. The Hall–Kier alpha value is -0.410. The highest BCUT2D eigenvalue weighted by Gasteiger charge is 2.03. The number of halogens is 2. The van der Waals surface area contributed by atoms with E-state index in [9.17, 15) is 4.39 Å². The number of thioether (sulfide) groups is 1. The average Bonchev–Trinajstić information content (AvgIpc) is 2.25. The fourth-order valence-electron chi connectivity index (χ4n) is 1.15. The van der Waals surface area contributed by atoms with E-state index in [0.717, 1.165) is 23.5 Å². The molecule has 0 spiro atoms. The summed E-state index contributed by atoms with van der Waals surface area (Å²) in [6.45, 7) is 0. The van der Waals surface area contributed by atoms with Gasteiger partial charge in [0.05, 0.1) is 7.11 Å². The third-order valence-corrected chi connectivity index (χ3v) is 3.29. The zero-order valence-electron chi connectivity index (χ0n) is 8.63. The normalized spacial score (nSPS) is 10.3. The number of benzene rings is 1. The van der Waals surface area contributed by atoms with Gasteiger partial charge in [0.25, 0.3) is 0 Å². The second-order valence-electron chi connectivity index (χ2n) is 3.06. The number of hydrogen-bond acceptors (Lipinski definition) is 2. The monoisotopic (exact) mass is 248 g/mol. The lowest BCUT2D eigenvalue weighted by Gasteiger charge is -2.04. The molecule has 1 nitrogen and oxygen atoms in total. The summed E-state index contributed by atoms with van der Waals surface area (Å²) in [6, 6.07) is 5.06. The molecule has 0 aliphatic heterocycles. The molecule has 0 bridgehead atoms. The molecule has 0 radical (unpaired) electrons. The Morgan fingerprint density at radius 3 is 2.87 bits per heavy atom. The summed E-state index contributed by atoms with van der Waals surface area (Å²) in [4.78, 5) is 0. The highest BCUT2D eigenvalue weighted by Crippen LogP contribution is 2.21. The second-order valence-corrected chi connectivity index (χ2v) is 4.55. The van der Waals surface area contributed by atoms with Gasteiger partial charge in [0, 0.05) is 11.6 Å². The van der Waals surface area contributed by atoms with E-state index < -0.39 is 0 Å². The standard InChI is InChI=1S/C11H14ClFOS/c1-14-11-4-3-9(7-10(11)13)8-15-6-2-5-12/h3-4,7H,2,5-6,8H2,1H3. The van der Waals surface area contributed by atoms with Crippen molar-refractivity contribution in [2.45, 2.75) is 12.2 Å². The smallest absolute Gasteiger partial charge is 0.165 e. The minimum Gasteiger partial charge on any atom is -0.494 e. The van der Waals surface area contributed by atoms with Crippen molar-refractivity contribution in [1.82, 2.24) is 0 Å². The second kappa shape index (κ2) is 6.96. The van der Waals surface area contributed by atoms with E-state index in [1.54, 1.807) is 17.8 Å². The molecule has 0 saturated heterocycles. The number of hydrogen-bond donors (Lipinski definition) is 0. The summed E-state index contributed by atoms with van der Waals surface area (Å²) < 4.78 is 18.1. The first-order valence-corrected chi connectivity index (χ1v) is 6.43. The van der Waals surface area contributed by atoms with Crippen LogP contribution in [0.25, 0.3) is 0 Å². The van der Waals surface area contributed by atoms with Crippen LogP contribution in [0.4, 0.5) is 4.39 Å². The Morgan fingerprint density at radius 1 is 1.47 bits per heavy atom. The van der Waals surface area contributed by atoms with E-state index in [-0.39, 0.29) is 5.82 Å². The highest BCUT2D eigenvalue weighted by molar-refractivity contribution is 7.98. The van der Waals surface area contributed by atoms with Crippen LogP contribution in [0.2, 0.25) is 0 Å². The molecular weight excluding hydrogens is 235 g/mol. The topological polar surface area (TPSA) is 9.23 Å². The number of ether oxygens (including phenoxy) is 1. The molecule has 1 rings (SSSR count). The minimum absolute atomic E-state index is 0.296. The van der Waals surface area contributed by atoms with Gasteiger partial charge in [-0.05, 0) is 29.9 Å². The molecular formula is C11H14ClFOS. The molecule has 0 unspecified atom stereocenters. The highest BCUT2D eigenvalue weighted by atomic mass is 35.5. The summed E-state index contributed by atoms with van der Waals surface area (Å²) in [5.41, 5.74) is 0.980. The van der Waals surface area contributed by atoms with Crippen molar-refractivity contribution in [2.24, 2.45) is 0 Å². The molecule has 0 N–H and O–H groups in total. The van der Waals surface area contributed by atoms with Crippen LogP contribution in [-0.4, -0.2) is 18.7 Å². The predicted molar refractivity (Wildman–Crippen MR) is 64.5 cm³/mol. The molecule has 0 aromatic heterocycles. The Balaban J connectivity index is 2.45. The van der Waals surface area contributed by atoms with Gasteiger partial charge >= 0.3 is 0 Å². The van der Waals surface area contributed by atoms with Crippen molar-refractivity contribution in [1.29, 1.82) is 0 Å². The quantitative estimate of drug-likeness (QED) is 0.561. The average molecular weight is 249 g/mol.